The molecule has 0 radical (unpaired) electrons. The number of benzene rings is 12. The summed E-state index contributed by atoms with van der Waals surface area (Å²) in [7, 11) is 0. The molecule has 79 heavy (non-hydrogen) atoms. The molecule has 5 aromatic heterocycles. The molecule has 12 aromatic carbocycles. The minimum atomic E-state index is 0.339. The van der Waals surface area contributed by atoms with Crippen molar-refractivity contribution >= 4 is 120 Å². The van der Waals surface area contributed by atoms with Gasteiger partial charge in [-0.25, -0.2) is 0 Å². The van der Waals surface area contributed by atoms with Crippen molar-refractivity contribution in [2.24, 2.45) is 0 Å². The molecule has 0 unspecified atom stereocenters. The lowest BCUT2D eigenvalue weighted by atomic mass is 9.97. The standard InChI is InChI=1S/C72H40N6O/c73-41-57-67(75-59-29-10-3-21-47(59)48-22-4-11-30-60(48)75)58(42-74)69(77-63-33-14-7-25-51(63)52-26-8-15-34-64(52)77)71(68(57)76-61-31-12-5-23-49(61)50-24-6-13-32-62(50)76)78-65-40-44(46-28-17-19-43-18-1-2-20-45(43)46)36-37-53(65)55-38-39-56-54-27-9-16-35-66(54)79-72(56)70(55)78/h1-40H. The molecule has 0 spiro atoms. The van der Waals surface area contributed by atoms with Gasteiger partial charge in [0, 0.05) is 53.9 Å². The van der Waals surface area contributed by atoms with E-state index in [0.29, 0.717) is 39.5 Å². The largest absolute Gasteiger partial charge is 0.454 e. The van der Waals surface area contributed by atoms with Crippen LogP contribution in [-0.2, 0) is 0 Å². The third-order valence-corrected chi connectivity index (χ3v) is 16.6. The van der Waals surface area contributed by atoms with Crippen molar-refractivity contribution in [3.8, 4) is 46.0 Å². The highest BCUT2D eigenvalue weighted by Gasteiger charge is 2.35. The average molecular weight is 1010 g/mol. The van der Waals surface area contributed by atoms with Gasteiger partial charge in [0.05, 0.1) is 66.9 Å². The summed E-state index contributed by atoms with van der Waals surface area (Å²) in [6.07, 6.45) is 0. The zero-order valence-electron chi connectivity index (χ0n) is 42.2. The maximum absolute atomic E-state index is 12.7. The van der Waals surface area contributed by atoms with Gasteiger partial charge in [-0.3, -0.25) is 0 Å². The van der Waals surface area contributed by atoms with Gasteiger partial charge in [-0.15, -0.1) is 0 Å². The van der Waals surface area contributed by atoms with Crippen molar-refractivity contribution in [1.29, 1.82) is 10.5 Å². The Labute approximate surface area is 450 Å². The minimum absolute atomic E-state index is 0.339. The Morgan fingerprint density at radius 3 is 1.19 bits per heavy atom. The summed E-state index contributed by atoms with van der Waals surface area (Å²) in [5.41, 5.74) is 13.8. The quantitative estimate of drug-likeness (QED) is 0.172. The average Bonchev–Trinajstić information content (AvgIpc) is 4.22. The first-order valence-electron chi connectivity index (χ1n) is 26.6. The molecule has 0 atom stereocenters. The Kier molecular flexibility index (Phi) is 8.85. The third-order valence-electron chi connectivity index (χ3n) is 16.6. The number of hydrogen-bond donors (Lipinski definition) is 0. The molecule has 0 N–H and O–H groups in total. The number of aromatic nitrogens is 4. The van der Waals surface area contributed by atoms with E-state index >= 15 is 0 Å². The third kappa shape index (κ3) is 5.77. The molecule has 0 aliphatic carbocycles. The van der Waals surface area contributed by atoms with Crippen molar-refractivity contribution in [3.05, 3.63) is 254 Å². The zero-order valence-corrected chi connectivity index (χ0v) is 42.2. The molecule has 17 rings (SSSR count). The summed E-state index contributed by atoms with van der Waals surface area (Å²) < 4.78 is 16.3. The second-order valence-electron chi connectivity index (χ2n) is 20.5. The van der Waals surface area contributed by atoms with Crippen molar-refractivity contribution in [2.45, 2.75) is 0 Å². The van der Waals surface area contributed by atoms with Gasteiger partial charge in [0.15, 0.2) is 5.58 Å². The maximum atomic E-state index is 12.7. The monoisotopic (exact) mass is 1000 g/mol. The first-order valence-corrected chi connectivity index (χ1v) is 26.6. The van der Waals surface area contributed by atoms with Gasteiger partial charge in [-0.2, -0.15) is 10.5 Å². The highest BCUT2D eigenvalue weighted by Crippen LogP contribution is 2.51. The van der Waals surface area contributed by atoms with Crippen molar-refractivity contribution < 1.29 is 4.42 Å². The molecular weight excluding hydrogens is 965 g/mol. The van der Waals surface area contributed by atoms with Crippen LogP contribution in [0, 0.1) is 22.7 Å². The van der Waals surface area contributed by atoms with Crippen LogP contribution in [0.25, 0.3) is 154 Å². The highest BCUT2D eigenvalue weighted by atomic mass is 16.3. The van der Waals surface area contributed by atoms with Crippen molar-refractivity contribution in [1.82, 2.24) is 18.3 Å². The lowest BCUT2D eigenvalue weighted by Crippen LogP contribution is -2.17. The van der Waals surface area contributed by atoms with Crippen LogP contribution >= 0.6 is 0 Å². The Bertz CT molecular complexity index is 5290. The molecule has 0 aliphatic heterocycles. The first-order chi connectivity index (χ1) is 39.2. The molecule has 0 bridgehead atoms. The Balaban J connectivity index is 1.20. The normalized spacial score (nSPS) is 12.0. The van der Waals surface area contributed by atoms with Gasteiger partial charge in [0.25, 0.3) is 0 Å². The van der Waals surface area contributed by atoms with Gasteiger partial charge < -0.3 is 22.7 Å². The number of furan rings is 1. The topological polar surface area (TPSA) is 80.4 Å². The van der Waals surface area contributed by atoms with E-state index in [1.165, 1.54) is 0 Å². The van der Waals surface area contributed by atoms with E-state index in [0.717, 1.165) is 125 Å². The van der Waals surface area contributed by atoms with Crippen LogP contribution in [0.4, 0.5) is 0 Å². The van der Waals surface area contributed by atoms with Crippen LogP contribution in [0.5, 0.6) is 0 Å². The number of hydrogen-bond acceptors (Lipinski definition) is 3. The summed E-state index contributed by atoms with van der Waals surface area (Å²) in [5.74, 6) is 0. The molecule has 0 amide bonds. The SMILES string of the molecule is N#Cc1c(-n2c3ccccc3c3ccccc32)c(C#N)c(-n2c3ccccc3c3ccccc32)c(-n2c3cc(-c4cccc5ccccc45)ccc3c3ccc4c5ccccc5oc4c32)c1-n1c2ccccc2c2ccccc21. The van der Waals surface area contributed by atoms with Crippen LogP contribution in [0.3, 0.4) is 0 Å². The Hall–Kier alpha value is -11.1. The van der Waals surface area contributed by atoms with E-state index in [9.17, 15) is 10.5 Å². The first kappa shape index (κ1) is 43.2. The molecule has 0 aliphatic rings. The van der Waals surface area contributed by atoms with Gasteiger partial charge in [0.2, 0.25) is 0 Å². The molecule has 7 heteroatoms. The number of fused-ring (bicyclic) bond motifs is 17. The summed E-state index contributed by atoms with van der Waals surface area (Å²) >= 11 is 0. The molecule has 7 nitrogen and oxygen atoms in total. The molecule has 0 fully saturated rings. The fourth-order valence-corrected chi connectivity index (χ4v) is 13.4. The predicted octanol–water partition coefficient (Wildman–Crippen LogP) is 18.5. The van der Waals surface area contributed by atoms with E-state index < -0.39 is 0 Å². The fraction of sp³-hybridized carbons (Fsp3) is 0. The van der Waals surface area contributed by atoms with E-state index in [2.05, 4.69) is 249 Å². The molecule has 0 saturated heterocycles. The van der Waals surface area contributed by atoms with E-state index in [1.807, 2.05) is 24.3 Å². The summed E-state index contributed by atoms with van der Waals surface area (Å²) in [6, 6.07) is 90.8. The number of nitriles is 2. The molecular formula is C72H40N6O. The fourth-order valence-electron chi connectivity index (χ4n) is 13.4. The van der Waals surface area contributed by atoms with Gasteiger partial charge >= 0.3 is 0 Å². The maximum Gasteiger partial charge on any atom is 0.160 e. The molecule has 17 aromatic rings. The van der Waals surface area contributed by atoms with Gasteiger partial charge in [0.1, 0.15) is 28.8 Å². The second kappa shape index (κ2) is 16.2. The smallest absolute Gasteiger partial charge is 0.160 e. The lowest BCUT2D eigenvalue weighted by molar-refractivity contribution is 0.671. The zero-order chi connectivity index (χ0) is 52.0. The van der Waals surface area contributed by atoms with E-state index in [1.54, 1.807) is 0 Å². The second-order valence-corrected chi connectivity index (χ2v) is 20.5. The van der Waals surface area contributed by atoms with Crippen LogP contribution in [0.15, 0.2) is 247 Å². The summed E-state index contributed by atoms with van der Waals surface area (Å²) in [4.78, 5) is 0. The van der Waals surface area contributed by atoms with Crippen LogP contribution < -0.4 is 0 Å². The molecule has 5 heterocycles. The van der Waals surface area contributed by atoms with E-state index in [4.69, 9.17) is 4.42 Å². The van der Waals surface area contributed by atoms with Crippen LogP contribution in [0.1, 0.15) is 11.1 Å². The summed E-state index contributed by atoms with van der Waals surface area (Å²) in [5, 5.41) is 37.7. The number of nitrogens with zero attached hydrogens (tertiary/aromatic N) is 6. The van der Waals surface area contributed by atoms with Crippen molar-refractivity contribution in [2.75, 3.05) is 0 Å². The minimum Gasteiger partial charge on any atom is -0.454 e. The van der Waals surface area contributed by atoms with Crippen molar-refractivity contribution in [3.63, 3.8) is 0 Å². The predicted molar refractivity (Wildman–Crippen MR) is 323 cm³/mol. The van der Waals surface area contributed by atoms with Crippen LogP contribution in [-0.4, -0.2) is 18.3 Å². The Morgan fingerprint density at radius 2 is 0.684 bits per heavy atom. The summed E-state index contributed by atoms with van der Waals surface area (Å²) in [6.45, 7) is 0. The molecule has 364 valence electrons. The highest BCUT2D eigenvalue weighted by molar-refractivity contribution is 6.23. The number of rotatable bonds is 5. The van der Waals surface area contributed by atoms with Gasteiger partial charge in [-0.1, -0.05) is 188 Å². The van der Waals surface area contributed by atoms with Gasteiger partial charge in [-0.05, 0) is 76.5 Å². The molecule has 0 saturated carbocycles. The Morgan fingerprint density at radius 1 is 0.291 bits per heavy atom. The van der Waals surface area contributed by atoms with Crippen LogP contribution in [0.2, 0.25) is 0 Å². The number of para-hydroxylation sites is 7. The lowest BCUT2D eigenvalue weighted by Gasteiger charge is -2.27. The van der Waals surface area contributed by atoms with E-state index in [-0.39, 0.29) is 0 Å².